The lowest BCUT2D eigenvalue weighted by Gasteiger charge is -2.34. The molecule has 1 fully saturated rings. The van der Waals surface area contributed by atoms with Gasteiger partial charge in [-0.15, -0.1) is 0 Å². The molecule has 1 heterocycles. The average Bonchev–Trinajstić information content (AvgIpc) is 2.67. The molecule has 2 aromatic rings. The fraction of sp³-hybridized carbons (Fsp3) is 0.316. The van der Waals surface area contributed by atoms with Crippen LogP contribution in [0.25, 0.3) is 0 Å². The van der Waals surface area contributed by atoms with E-state index in [0.717, 1.165) is 18.7 Å². The van der Waals surface area contributed by atoms with Gasteiger partial charge in [-0.25, -0.2) is 0 Å². The van der Waals surface area contributed by atoms with Gasteiger partial charge in [0.2, 0.25) is 5.91 Å². The van der Waals surface area contributed by atoms with E-state index in [0.29, 0.717) is 13.2 Å². The Labute approximate surface area is 142 Å². The number of nitrogens with one attached hydrogen (secondary N) is 1. The van der Waals surface area contributed by atoms with Crippen LogP contribution < -0.4 is 16.0 Å². The van der Waals surface area contributed by atoms with Crippen LogP contribution in [0.15, 0.2) is 60.7 Å². The summed E-state index contributed by atoms with van der Waals surface area (Å²) < 4.78 is 5.77. The second-order valence-electron chi connectivity index (χ2n) is 5.91. The number of anilines is 1. The third-order valence-electron chi connectivity index (χ3n) is 4.21. The van der Waals surface area contributed by atoms with E-state index in [1.807, 2.05) is 48.5 Å². The van der Waals surface area contributed by atoms with Crippen molar-refractivity contribution in [3.63, 3.8) is 0 Å². The third-order valence-corrected chi connectivity index (χ3v) is 4.21. The van der Waals surface area contributed by atoms with Gasteiger partial charge in [0.25, 0.3) is 0 Å². The molecule has 2 aromatic carbocycles. The molecule has 24 heavy (non-hydrogen) atoms. The number of benzene rings is 2. The van der Waals surface area contributed by atoms with Crippen molar-refractivity contribution in [2.24, 2.45) is 5.73 Å². The van der Waals surface area contributed by atoms with E-state index >= 15 is 0 Å². The lowest BCUT2D eigenvalue weighted by molar-refractivity contribution is -0.123. The molecular formula is C19H23N3O2. The molecule has 2 atom stereocenters. The molecule has 1 saturated heterocycles. The van der Waals surface area contributed by atoms with E-state index in [4.69, 9.17) is 10.5 Å². The van der Waals surface area contributed by atoms with Gasteiger partial charge >= 0.3 is 0 Å². The first-order valence-corrected chi connectivity index (χ1v) is 8.24. The molecule has 0 aromatic heterocycles. The molecule has 126 valence electrons. The summed E-state index contributed by atoms with van der Waals surface area (Å²) in [5, 5.41) is 2.91. The number of rotatable bonds is 5. The zero-order valence-electron chi connectivity index (χ0n) is 13.6. The fourth-order valence-electron chi connectivity index (χ4n) is 2.85. The van der Waals surface area contributed by atoms with Crippen LogP contribution in [-0.2, 0) is 9.53 Å². The molecule has 3 N–H and O–H groups in total. The zero-order valence-corrected chi connectivity index (χ0v) is 13.6. The highest BCUT2D eigenvalue weighted by atomic mass is 16.5. The molecule has 1 aliphatic heterocycles. The third kappa shape index (κ3) is 4.13. The number of hydrogen-bond acceptors (Lipinski definition) is 4. The van der Waals surface area contributed by atoms with Crippen LogP contribution in [0.5, 0.6) is 0 Å². The van der Waals surface area contributed by atoms with Crippen molar-refractivity contribution in [2.75, 3.05) is 31.1 Å². The molecule has 5 nitrogen and oxygen atoms in total. The van der Waals surface area contributed by atoms with Crippen LogP contribution >= 0.6 is 0 Å². The Bertz CT molecular complexity index is 648. The van der Waals surface area contributed by atoms with E-state index in [2.05, 4.69) is 22.3 Å². The quantitative estimate of drug-likeness (QED) is 0.878. The minimum Gasteiger partial charge on any atom is -0.373 e. The second kappa shape index (κ2) is 7.95. The van der Waals surface area contributed by atoms with Gasteiger partial charge in [0, 0.05) is 25.3 Å². The van der Waals surface area contributed by atoms with Crippen LogP contribution in [0.2, 0.25) is 0 Å². The van der Waals surface area contributed by atoms with Crippen molar-refractivity contribution < 1.29 is 9.53 Å². The number of ether oxygens (including phenoxy) is 1. The Kier molecular flexibility index (Phi) is 5.46. The maximum Gasteiger partial charge on any atom is 0.241 e. The van der Waals surface area contributed by atoms with Gasteiger partial charge in [0.05, 0.1) is 12.7 Å². The minimum atomic E-state index is -0.653. The molecule has 0 aliphatic carbocycles. The summed E-state index contributed by atoms with van der Waals surface area (Å²) in [5.74, 6) is -0.179. The number of amides is 1. The second-order valence-corrected chi connectivity index (χ2v) is 5.91. The molecule has 5 heteroatoms. The monoisotopic (exact) mass is 325 g/mol. The largest absolute Gasteiger partial charge is 0.373 e. The van der Waals surface area contributed by atoms with Crippen molar-refractivity contribution in [3.8, 4) is 0 Å². The predicted octanol–water partition coefficient (Wildman–Crippen LogP) is 1.71. The molecule has 0 spiro atoms. The molecule has 0 saturated carbocycles. The smallest absolute Gasteiger partial charge is 0.241 e. The first kappa shape index (κ1) is 16.5. The van der Waals surface area contributed by atoms with Crippen LogP contribution in [0, 0.1) is 0 Å². The summed E-state index contributed by atoms with van der Waals surface area (Å²) in [6.45, 7) is 2.73. The highest BCUT2D eigenvalue weighted by molar-refractivity contribution is 5.82. The van der Waals surface area contributed by atoms with Gasteiger partial charge in [0.1, 0.15) is 6.04 Å². The van der Waals surface area contributed by atoms with Crippen molar-refractivity contribution in [1.29, 1.82) is 0 Å². The average molecular weight is 325 g/mol. The molecule has 0 unspecified atom stereocenters. The summed E-state index contributed by atoms with van der Waals surface area (Å²) >= 11 is 0. The van der Waals surface area contributed by atoms with Crippen LogP contribution in [-0.4, -0.2) is 38.3 Å². The summed E-state index contributed by atoms with van der Waals surface area (Å²) in [6.07, 6.45) is -0.0362. The van der Waals surface area contributed by atoms with E-state index < -0.39 is 6.04 Å². The molecule has 1 aliphatic rings. The van der Waals surface area contributed by atoms with E-state index in [1.165, 1.54) is 5.69 Å². The number of carbonyl (C=O) groups is 1. The van der Waals surface area contributed by atoms with Gasteiger partial charge in [0.15, 0.2) is 0 Å². The van der Waals surface area contributed by atoms with Gasteiger partial charge in [-0.1, -0.05) is 48.5 Å². The minimum absolute atomic E-state index is 0.0362. The number of para-hydroxylation sites is 1. The molecule has 3 rings (SSSR count). The summed E-state index contributed by atoms with van der Waals surface area (Å²) in [4.78, 5) is 14.5. The Morgan fingerprint density at radius 1 is 1.17 bits per heavy atom. The SMILES string of the molecule is N[C@H](C(=O)NC[C@H]1CN(c2ccccc2)CCO1)c1ccccc1. The first-order chi connectivity index (χ1) is 11.7. The highest BCUT2D eigenvalue weighted by Gasteiger charge is 2.22. The summed E-state index contributed by atoms with van der Waals surface area (Å²) in [7, 11) is 0. The summed E-state index contributed by atoms with van der Waals surface area (Å²) in [6, 6.07) is 19.0. The van der Waals surface area contributed by atoms with Crippen molar-refractivity contribution >= 4 is 11.6 Å². The number of nitrogens with two attached hydrogens (primary N) is 1. The number of hydrogen-bond donors (Lipinski definition) is 2. The van der Waals surface area contributed by atoms with Crippen LogP contribution in [0.4, 0.5) is 5.69 Å². The van der Waals surface area contributed by atoms with Crippen LogP contribution in [0.1, 0.15) is 11.6 Å². The first-order valence-electron chi connectivity index (χ1n) is 8.24. The van der Waals surface area contributed by atoms with Crippen molar-refractivity contribution in [1.82, 2.24) is 5.32 Å². The lowest BCUT2D eigenvalue weighted by atomic mass is 10.1. The maximum atomic E-state index is 12.2. The number of nitrogens with zero attached hydrogens (tertiary/aromatic N) is 1. The lowest BCUT2D eigenvalue weighted by Crippen LogP contribution is -2.48. The van der Waals surface area contributed by atoms with Gasteiger partial charge in [-0.3, -0.25) is 4.79 Å². The van der Waals surface area contributed by atoms with Gasteiger partial charge < -0.3 is 20.7 Å². The number of carbonyl (C=O) groups excluding carboxylic acids is 1. The standard InChI is InChI=1S/C19H23N3O2/c20-18(15-7-3-1-4-8-15)19(23)21-13-17-14-22(11-12-24-17)16-9-5-2-6-10-16/h1-10,17-18H,11-14,20H2,(H,21,23)/t17-,18-/m0/s1. The van der Waals surface area contributed by atoms with Gasteiger partial charge in [-0.2, -0.15) is 0 Å². The Hall–Kier alpha value is -2.37. The zero-order chi connectivity index (χ0) is 16.8. The normalized spacial score (nSPS) is 18.9. The predicted molar refractivity (Wildman–Crippen MR) is 94.8 cm³/mol. The van der Waals surface area contributed by atoms with Gasteiger partial charge in [-0.05, 0) is 17.7 Å². The van der Waals surface area contributed by atoms with E-state index in [-0.39, 0.29) is 12.0 Å². The molecule has 0 bridgehead atoms. The van der Waals surface area contributed by atoms with Crippen LogP contribution in [0.3, 0.4) is 0 Å². The Morgan fingerprint density at radius 2 is 1.83 bits per heavy atom. The number of morpholine rings is 1. The molecule has 0 radical (unpaired) electrons. The molecular weight excluding hydrogens is 302 g/mol. The van der Waals surface area contributed by atoms with Crippen molar-refractivity contribution in [3.05, 3.63) is 66.2 Å². The van der Waals surface area contributed by atoms with E-state index in [1.54, 1.807) is 0 Å². The maximum absolute atomic E-state index is 12.2. The fourth-order valence-corrected chi connectivity index (χ4v) is 2.85. The Morgan fingerprint density at radius 3 is 2.54 bits per heavy atom. The van der Waals surface area contributed by atoms with Crippen molar-refractivity contribution in [2.45, 2.75) is 12.1 Å². The highest BCUT2D eigenvalue weighted by Crippen LogP contribution is 2.17. The Balaban J connectivity index is 1.52. The topological polar surface area (TPSA) is 67.6 Å². The summed E-state index contributed by atoms with van der Waals surface area (Å²) in [5.41, 5.74) is 8.00. The molecule has 1 amide bonds. The van der Waals surface area contributed by atoms with E-state index in [9.17, 15) is 4.79 Å².